The standard InChI is InChI=1S/C13H20N4O/c14-12(17-11-5-1-4-8-15-11)16-9-13(10-18)6-2-3-7-13/h1,4-5,8,18H,2-3,6-7,9-10H2,(H3,14,15,16,17). The summed E-state index contributed by atoms with van der Waals surface area (Å²) < 4.78 is 0. The number of aromatic nitrogens is 1. The first-order valence-electron chi connectivity index (χ1n) is 6.33. The van der Waals surface area contributed by atoms with Crippen molar-refractivity contribution in [2.24, 2.45) is 16.1 Å². The number of nitrogens with zero attached hydrogens (tertiary/aromatic N) is 2. The van der Waals surface area contributed by atoms with Gasteiger partial charge in [0.2, 0.25) is 0 Å². The van der Waals surface area contributed by atoms with Crippen molar-refractivity contribution in [1.29, 1.82) is 0 Å². The Kier molecular flexibility index (Phi) is 4.15. The van der Waals surface area contributed by atoms with E-state index in [4.69, 9.17) is 5.73 Å². The normalized spacial score (nSPS) is 18.8. The molecule has 0 aromatic carbocycles. The van der Waals surface area contributed by atoms with E-state index < -0.39 is 0 Å². The first-order chi connectivity index (χ1) is 8.74. The van der Waals surface area contributed by atoms with Gasteiger partial charge in [-0.3, -0.25) is 4.99 Å². The van der Waals surface area contributed by atoms with Crippen LogP contribution in [-0.4, -0.2) is 29.2 Å². The van der Waals surface area contributed by atoms with Gasteiger partial charge in [-0.2, -0.15) is 0 Å². The van der Waals surface area contributed by atoms with Gasteiger partial charge in [-0.1, -0.05) is 18.9 Å². The molecule has 1 aromatic rings. The molecule has 0 spiro atoms. The Balaban J connectivity index is 1.92. The number of anilines is 1. The quantitative estimate of drug-likeness (QED) is 0.555. The van der Waals surface area contributed by atoms with E-state index in [1.807, 2.05) is 18.2 Å². The molecule has 5 heteroatoms. The van der Waals surface area contributed by atoms with Crippen LogP contribution in [0.3, 0.4) is 0 Å². The van der Waals surface area contributed by atoms with Gasteiger partial charge in [0.25, 0.3) is 0 Å². The third-order valence-electron chi connectivity index (χ3n) is 3.51. The summed E-state index contributed by atoms with van der Waals surface area (Å²) in [6.45, 7) is 0.766. The number of guanidine groups is 1. The molecule has 0 atom stereocenters. The molecule has 0 bridgehead atoms. The summed E-state index contributed by atoms with van der Waals surface area (Å²) in [5.41, 5.74) is 5.76. The Morgan fingerprint density at radius 2 is 2.22 bits per heavy atom. The summed E-state index contributed by atoms with van der Waals surface area (Å²) in [5, 5.41) is 12.4. The molecule has 0 aliphatic heterocycles. The molecule has 0 amide bonds. The van der Waals surface area contributed by atoms with Crippen LogP contribution in [0.15, 0.2) is 29.4 Å². The van der Waals surface area contributed by atoms with Crippen LogP contribution in [0.1, 0.15) is 25.7 Å². The van der Waals surface area contributed by atoms with Gasteiger partial charge in [-0.05, 0) is 25.0 Å². The summed E-state index contributed by atoms with van der Waals surface area (Å²) in [6, 6.07) is 5.56. The maximum Gasteiger partial charge on any atom is 0.194 e. The first-order valence-corrected chi connectivity index (χ1v) is 6.33. The smallest absolute Gasteiger partial charge is 0.194 e. The lowest BCUT2D eigenvalue weighted by Crippen LogP contribution is -2.29. The molecular formula is C13H20N4O. The van der Waals surface area contributed by atoms with Crippen molar-refractivity contribution < 1.29 is 5.11 Å². The molecule has 0 saturated heterocycles. The summed E-state index contributed by atoms with van der Waals surface area (Å²) >= 11 is 0. The number of rotatable bonds is 4. The van der Waals surface area contributed by atoms with Crippen molar-refractivity contribution in [2.75, 3.05) is 18.5 Å². The van der Waals surface area contributed by atoms with Crippen molar-refractivity contribution in [3.05, 3.63) is 24.4 Å². The minimum absolute atomic E-state index is 0.0591. The highest BCUT2D eigenvalue weighted by atomic mass is 16.3. The number of hydrogen-bond donors (Lipinski definition) is 3. The third-order valence-corrected chi connectivity index (χ3v) is 3.51. The second kappa shape index (κ2) is 5.82. The molecule has 1 aliphatic carbocycles. The molecule has 18 heavy (non-hydrogen) atoms. The number of aliphatic hydroxyl groups excluding tert-OH is 1. The Morgan fingerprint density at radius 1 is 1.44 bits per heavy atom. The van der Waals surface area contributed by atoms with Crippen LogP contribution in [0.2, 0.25) is 0 Å². The van der Waals surface area contributed by atoms with Gasteiger partial charge in [0.1, 0.15) is 5.82 Å². The zero-order valence-electron chi connectivity index (χ0n) is 10.5. The van der Waals surface area contributed by atoms with E-state index in [-0.39, 0.29) is 12.0 Å². The van der Waals surface area contributed by atoms with Crippen LogP contribution in [0.5, 0.6) is 0 Å². The molecule has 1 aromatic heterocycles. The summed E-state index contributed by atoms with van der Waals surface area (Å²) in [4.78, 5) is 8.44. The van der Waals surface area contributed by atoms with Gasteiger partial charge in [0.15, 0.2) is 5.96 Å². The maximum atomic E-state index is 9.48. The van der Waals surface area contributed by atoms with E-state index in [0.29, 0.717) is 18.3 Å². The first kappa shape index (κ1) is 12.8. The number of aliphatic imine (C=N–C) groups is 1. The minimum Gasteiger partial charge on any atom is -0.396 e. The zero-order valence-corrected chi connectivity index (χ0v) is 10.5. The summed E-state index contributed by atoms with van der Waals surface area (Å²) in [6.07, 6.45) is 6.10. The molecular weight excluding hydrogens is 228 g/mol. The minimum atomic E-state index is -0.0591. The van der Waals surface area contributed by atoms with Gasteiger partial charge in [-0.25, -0.2) is 4.98 Å². The van der Waals surface area contributed by atoms with Crippen LogP contribution in [-0.2, 0) is 0 Å². The Labute approximate surface area is 107 Å². The van der Waals surface area contributed by atoms with E-state index in [1.54, 1.807) is 6.20 Å². The fraction of sp³-hybridized carbons (Fsp3) is 0.538. The summed E-state index contributed by atoms with van der Waals surface area (Å²) in [7, 11) is 0. The molecule has 0 unspecified atom stereocenters. The molecule has 5 nitrogen and oxygen atoms in total. The van der Waals surface area contributed by atoms with Crippen molar-refractivity contribution in [3.63, 3.8) is 0 Å². The number of pyridine rings is 1. The Morgan fingerprint density at radius 3 is 2.83 bits per heavy atom. The molecule has 1 heterocycles. The lowest BCUT2D eigenvalue weighted by atomic mass is 9.87. The van der Waals surface area contributed by atoms with Crippen LogP contribution >= 0.6 is 0 Å². The third kappa shape index (κ3) is 3.20. The highest BCUT2D eigenvalue weighted by Gasteiger charge is 2.32. The van der Waals surface area contributed by atoms with Gasteiger partial charge < -0.3 is 16.2 Å². The predicted octanol–water partition coefficient (Wildman–Crippen LogP) is 1.36. The van der Waals surface area contributed by atoms with E-state index in [2.05, 4.69) is 15.3 Å². The van der Waals surface area contributed by atoms with Crippen molar-refractivity contribution in [2.45, 2.75) is 25.7 Å². The van der Waals surface area contributed by atoms with E-state index in [0.717, 1.165) is 12.8 Å². The molecule has 1 fully saturated rings. The van der Waals surface area contributed by atoms with E-state index >= 15 is 0 Å². The second-order valence-corrected chi connectivity index (χ2v) is 4.91. The van der Waals surface area contributed by atoms with E-state index in [1.165, 1.54) is 12.8 Å². The van der Waals surface area contributed by atoms with Crippen molar-refractivity contribution in [1.82, 2.24) is 4.98 Å². The lowest BCUT2D eigenvalue weighted by Gasteiger charge is -2.23. The molecule has 4 N–H and O–H groups in total. The highest BCUT2D eigenvalue weighted by Crippen LogP contribution is 2.37. The maximum absolute atomic E-state index is 9.48. The lowest BCUT2D eigenvalue weighted by molar-refractivity contribution is 0.139. The fourth-order valence-corrected chi connectivity index (χ4v) is 2.35. The number of nitrogens with one attached hydrogen (secondary N) is 1. The van der Waals surface area contributed by atoms with Gasteiger partial charge >= 0.3 is 0 Å². The van der Waals surface area contributed by atoms with Crippen LogP contribution in [0.4, 0.5) is 5.82 Å². The monoisotopic (exact) mass is 248 g/mol. The average molecular weight is 248 g/mol. The predicted molar refractivity (Wildman–Crippen MR) is 72.3 cm³/mol. The Hall–Kier alpha value is -1.62. The largest absolute Gasteiger partial charge is 0.396 e. The van der Waals surface area contributed by atoms with Crippen molar-refractivity contribution >= 4 is 11.8 Å². The number of nitrogens with two attached hydrogens (primary N) is 1. The zero-order chi connectivity index (χ0) is 12.8. The SMILES string of the molecule is NC(=NCC1(CO)CCCC1)Nc1ccccn1. The Bertz CT molecular complexity index is 399. The van der Waals surface area contributed by atoms with Gasteiger partial charge in [0.05, 0.1) is 13.2 Å². The topological polar surface area (TPSA) is 83.5 Å². The number of hydrogen-bond acceptors (Lipinski definition) is 3. The molecule has 1 saturated carbocycles. The molecule has 1 aliphatic rings. The molecule has 2 rings (SSSR count). The van der Waals surface area contributed by atoms with Gasteiger partial charge in [0, 0.05) is 11.6 Å². The fourth-order valence-electron chi connectivity index (χ4n) is 2.35. The molecule has 0 radical (unpaired) electrons. The van der Waals surface area contributed by atoms with Gasteiger partial charge in [-0.15, -0.1) is 0 Å². The van der Waals surface area contributed by atoms with Crippen molar-refractivity contribution in [3.8, 4) is 0 Å². The van der Waals surface area contributed by atoms with Crippen LogP contribution in [0.25, 0.3) is 0 Å². The van der Waals surface area contributed by atoms with Crippen LogP contribution in [0, 0.1) is 5.41 Å². The van der Waals surface area contributed by atoms with Crippen LogP contribution < -0.4 is 11.1 Å². The second-order valence-electron chi connectivity index (χ2n) is 4.91. The highest BCUT2D eigenvalue weighted by molar-refractivity contribution is 5.91. The summed E-state index contributed by atoms with van der Waals surface area (Å²) in [5.74, 6) is 1.04. The van der Waals surface area contributed by atoms with E-state index in [9.17, 15) is 5.11 Å². The molecule has 98 valence electrons. The average Bonchev–Trinajstić information content (AvgIpc) is 2.87. The number of aliphatic hydroxyl groups is 1.